The minimum atomic E-state index is 0. The first-order valence-electron chi connectivity index (χ1n) is 9.40. The molecule has 24 heavy (non-hydrogen) atoms. The van der Waals surface area contributed by atoms with Crippen LogP contribution in [-0.2, 0) is 6.42 Å². The van der Waals surface area contributed by atoms with E-state index in [-0.39, 0.29) is 12.4 Å². The summed E-state index contributed by atoms with van der Waals surface area (Å²) in [6, 6.07) is 8.16. The SMILES string of the molecule is CCCCCCC[N+](CC)(CC)CC=CCc1cccc(Cl)c1.[Cl-]. The lowest BCUT2D eigenvalue weighted by Gasteiger charge is -2.36. The van der Waals surface area contributed by atoms with Crippen LogP contribution in [0.1, 0.15) is 58.4 Å². The van der Waals surface area contributed by atoms with E-state index < -0.39 is 0 Å². The van der Waals surface area contributed by atoms with Gasteiger partial charge in [-0.05, 0) is 56.9 Å². The van der Waals surface area contributed by atoms with E-state index in [1.807, 2.05) is 12.1 Å². The second-order valence-corrected chi connectivity index (χ2v) is 7.04. The maximum absolute atomic E-state index is 6.04. The van der Waals surface area contributed by atoms with Crippen molar-refractivity contribution >= 4 is 11.6 Å². The molecule has 0 amide bonds. The average molecular weight is 372 g/mol. The highest BCUT2D eigenvalue weighted by atomic mass is 35.5. The van der Waals surface area contributed by atoms with Crippen molar-refractivity contribution < 1.29 is 16.9 Å². The molecule has 0 unspecified atom stereocenters. The molecular formula is C21H35Cl2N. The maximum Gasteiger partial charge on any atom is 0.0973 e. The number of unbranched alkanes of at least 4 members (excludes halogenated alkanes) is 4. The molecule has 0 aliphatic carbocycles. The molecule has 138 valence electrons. The molecule has 1 rings (SSSR count). The van der Waals surface area contributed by atoms with Gasteiger partial charge < -0.3 is 16.9 Å². The van der Waals surface area contributed by atoms with Gasteiger partial charge in [0.1, 0.15) is 0 Å². The minimum absolute atomic E-state index is 0. The summed E-state index contributed by atoms with van der Waals surface area (Å²) in [7, 11) is 0. The summed E-state index contributed by atoms with van der Waals surface area (Å²) in [6.07, 6.45) is 12.5. The number of hydrogen-bond acceptors (Lipinski definition) is 0. The molecule has 0 saturated carbocycles. The average Bonchev–Trinajstić information content (AvgIpc) is 2.57. The van der Waals surface area contributed by atoms with Gasteiger partial charge in [0.2, 0.25) is 0 Å². The zero-order valence-corrected chi connectivity index (χ0v) is 17.3. The van der Waals surface area contributed by atoms with E-state index >= 15 is 0 Å². The fourth-order valence-corrected chi connectivity index (χ4v) is 3.33. The van der Waals surface area contributed by atoms with E-state index in [1.54, 1.807) is 0 Å². The predicted molar refractivity (Wildman–Crippen MR) is 104 cm³/mol. The van der Waals surface area contributed by atoms with E-state index in [1.165, 1.54) is 61.8 Å². The lowest BCUT2D eigenvalue weighted by Crippen LogP contribution is -3.00. The molecule has 0 aromatic heterocycles. The van der Waals surface area contributed by atoms with E-state index in [4.69, 9.17) is 11.6 Å². The summed E-state index contributed by atoms with van der Waals surface area (Å²) in [4.78, 5) is 0. The van der Waals surface area contributed by atoms with Crippen LogP contribution in [0.3, 0.4) is 0 Å². The van der Waals surface area contributed by atoms with E-state index in [0.29, 0.717) is 0 Å². The van der Waals surface area contributed by atoms with Crippen LogP contribution >= 0.6 is 11.6 Å². The molecule has 0 spiro atoms. The third-order valence-electron chi connectivity index (χ3n) is 4.98. The van der Waals surface area contributed by atoms with Gasteiger partial charge in [0.05, 0.1) is 26.2 Å². The first kappa shape index (κ1) is 23.5. The monoisotopic (exact) mass is 371 g/mol. The van der Waals surface area contributed by atoms with Gasteiger partial charge in [-0.25, -0.2) is 0 Å². The van der Waals surface area contributed by atoms with Crippen LogP contribution in [0.25, 0.3) is 0 Å². The summed E-state index contributed by atoms with van der Waals surface area (Å²) in [5.41, 5.74) is 1.29. The van der Waals surface area contributed by atoms with Crippen molar-refractivity contribution in [3.05, 3.63) is 47.0 Å². The molecule has 0 aliphatic heterocycles. The highest BCUT2D eigenvalue weighted by Crippen LogP contribution is 2.13. The summed E-state index contributed by atoms with van der Waals surface area (Å²) < 4.78 is 1.22. The molecule has 0 aliphatic rings. The van der Waals surface area contributed by atoms with Gasteiger partial charge in [-0.1, -0.05) is 56.0 Å². The summed E-state index contributed by atoms with van der Waals surface area (Å²) in [6.45, 7) is 11.9. The van der Waals surface area contributed by atoms with Crippen LogP contribution in [-0.4, -0.2) is 30.7 Å². The van der Waals surface area contributed by atoms with Gasteiger partial charge in [0.25, 0.3) is 0 Å². The number of rotatable bonds is 12. The van der Waals surface area contributed by atoms with Gasteiger partial charge in [-0.15, -0.1) is 0 Å². The van der Waals surface area contributed by atoms with Gasteiger partial charge in [0.15, 0.2) is 0 Å². The zero-order chi connectivity index (χ0) is 17.0. The fourth-order valence-electron chi connectivity index (χ4n) is 3.12. The molecule has 0 saturated heterocycles. The second kappa shape index (κ2) is 13.8. The number of quaternary nitrogens is 1. The van der Waals surface area contributed by atoms with Crippen molar-refractivity contribution in [2.75, 3.05) is 26.2 Å². The topological polar surface area (TPSA) is 0 Å². The molecule has 0 heterocycles. The van der Waals surface area contributed by atoms with Crippen molar-refractivity contribution in [3.8, 4) is 0 Å². The Morgan fingerprint density at radius 1 is 0.958 bits per heavy atom. The molecule has 0 radical (unpaired) electrons. The Morgan fingerprint density at radius 2 is 1.67 bits per heavy atom. The predicted octanol–water partition coefficient (Wildman–Crippen LogP) is 3.27. The summed E-state index contributed by atoms with van der Waals surface area (Å²) in [5.74, 6) is 0. The Labute approximate surface area is 161 Å². The summed E-state index contributed by atoms with van der Waals surface area (Å²) >= 11 is 6.04. The number of benzene rings is 1. The van der Waals surface area contributed by atoms with Crippen LogP contribution in [0.5, 0.6) is 0 Å². The third kappa shape index (κ3) is 9.11. The van der Waals surface area contributed by atoms with Crippen molar-refractivity contribution in [2.24, 2.45) is 0 Å². The van der Waals surface area contributed by atoms with E-state index in [2.05, 4.69) is 45.1 Å². The Balaban J connectivity index is 0.00000529. The highest BCUT2D eigenvalue weighted by molar-refractivity contribution is 6.30. The fraction of sp³-hybridized carbons (Fsp3) is 0.619. The van der Waals surface area contributed by atoms with Gasteiger partial charge in [-0.3, -0.25) is 0 Å². The normalized spacial score (nSPS) is 11.7. The number of hydrogen-bond donors (Lipinski definition) is 0. The van der Waals surface area contributed by atoms with Crippen LogP contribution in [0, 0.1) is 0 Å². The molecule has 0 bridgehead atoms. The largest absolute Gasteiger partial charge is 1.00 e. The van der Waals surface area contributed by atoms with Gasteiger partial charge in [-0.2, -0.15) is 0 Å². The van der Waals surface area contributed by atoms with Crippen LogP contribution < -0.4 is 12.4 Å². The maximum atomic E-state index is 6.04. The molecule has 0 atom stereocenters. The first-order chi connectivity index (χ1) is 11.2. The Hall–Kier alpha value is -0.500. The van der Waals surface area contributed by atoms with Crippen LogP contribution in [0.4, 0.5) is 0 Å². The molecular weight excluding hydrogens is 337 g/mol. The molecule has 1 aromatic carbocycles. The smallest absolute Gasteiger partial charge is 0.0973 e. The van der Waals surface area contributed by atoms with Crippen molar-refractivity contribution in [1.82, 2.24) is 0 Å². The van der Waals surface area contributed by atoms with Crippen molar-refractivity contribution in [1.29, 1.82) is 0 Å². The third-order valence-corrected chi connectivity index (χ3v) is 5.21. The highest BCUT2D eigenvalue weighted by Gasteiger charge is 2.20. The Bertz CT molecular complexity index is 453. The second-order valence-electron chi connectivity index (χ2n) is 6.60. The lowest BCUT2D eigenvalue weighted by molar-refractivity contribution is -0.919. The first-order valence-corrected chi connectivity index (χ1v) is 9.78. The standard InChI is InChI=1S/C21H35ClN.ClH/c1-4-7-8-9-11-17-23(5-2,6-3)18-12-10-14-20-15-13-16-21(22)19-20;/h10,12-13,15-16,19H,4-9,11,14,17-18H2,1-3H3;1H/q+1;/p-1. The van der Waals surface area contributed by atoms with E-state index in [9.17, 15) is 0 Å². The minimum Gasteiger partial charge on any atom is -1.00 e. The number of likely N-dealkylation sites (N-methyl/N-ethyl adjacent to an activating group) is 1. The Kier molecular flexibility index (Phi) is 13.5. The van der Waals surface area contributed by atoms with Crippen LogP contribution in [0.15, 0.2) is 36.4 Å². The number of halogens is 2. The quantitative estimate of drug-likeness (QED) is 0.300. The number of nitrogens with zero attached hydrogens (tertiary/aromatic N) is 1. The van der Waals surface area contributed by atoms with Crippen molar-refractivity contribution in [2.45, 2.75) is 59.3 Å². The molecule has 0 N–H and O–H groups in total. The Morgan fingerprint density at radius 3 is 2.29 bits per heavy atom. The molecule has 0 fully saturated rings. The van der Waals surface area contributed by atoms with Crippen molar-refractivity contribution in [3.63, 3.8) is 0 Å². The molecule has 3 heteroatoms. The summed E-state index contributed by atoms with van der Waals surface area (Å²) in [5, 5.41) is 0.829. The number of allylic oxidation sites excluding steroid dienone is 1. The lowest BCUT2D eigenvalue weighted by atomic mass is 10.1. The van der Waals surface area contributed by atoms with Gasteiger partial charge >= 0.3 is 0 Å². The van der Waals surface area contributed by atoms with E-state index in [0.717, 1.165) is 18.0 Å². The molecule has 1 nitrogen and oxygen atoms in total. The molecule has 1 aromatic rings. The van der Waals surface area contributed by atoms with Crippen LogP contribution in [0.2, 0.25) is 5.02 Å². The zero-order valence-electron chi connectivity index (χ0n) is 15.7. The van der Waals surface area contributed by atoms with Gasteiger partial charge in [0, 0.05) is 5.02 Å².